The van der Waals surface area contributed by atoms with E-state index in [2.05, 4.69) is 27.4 Å². The van der Waals surface area contributed by atoms with E-state index in [0.717, 1.165) is 32.6 Å². The van der Waals surface area contributed by atoms with E-state index in [4.69, 9.17) is 9.47 Å². The highest BCUT2D eigenvalue weighted by molar-refractivity contribution is 5.28. The lowest BCUT2D eigenvalue weighted by Crippen LogP contribution is -2.69. The lowest BCUT2D eigenvalue weighted by Gasteiger charge is -2.55. The van der Waals surface area contributed by atoms with E-state index in [1.165, 1.54) is 6.07 Å². The number of halogens is 1. The van der Waals surface area contributed by atoms with Gasteiger partial charge in [0, 0.05) is 69.6 Å². The molecule has 1 aromatic rings. The second-order valence-corrected chi connectivity index (χ2v) is 8.23. The maximum absolute atomic E-state index is 15.3. The van der Waals surface area contributed by atoms with Crippen molar-refractivity contribution in [2.24, 2.45) is 5.92 Å². The Morgan fingerprint density at radius 2 is 2.04 bits per heavy atom. The van der Waals surface area contributed by atoms with Crippen LogP contribution < -0.4 is 10.6 Å². The van der Waals surface area contributed by atoms with Crippen LogP contribution in [0.5, 0.6) is 0 Å². The quantitative estimate of drug-likeness (QED) is 0.622. The molecule has 0 spiro atoms. The lowest BCUT2D eigenvalue weighted by molar-refractivity contribution is -0.213. The Morgan fingerprint density at radius 3 is 2.54 bits per heavy atom. The van der Waals surface area contributed by atoms with Crippen LogP contribution in [0.15, 0.2) is 18.3 Å². The van der Waals surface area contributed by atoms with Crippen LogP contribution in [0.2, 0.25) is 0 Å². The Kier molecular flexibility index (Phi) is 5.99. The zero-order valence-electron chi connectivity index (χ0n) is 17.2. The maximum atomic E-state index is 15.3. The number of hydrogen-bond acceptors (Lipinski definition) is 6. The van der Waals surface area contributed by atoms with E-state index in [0.29, 0.717) is 31.0 Å². The van der Waals surface area contributed by atoms with Gasteiger partial charge in [-0.15, -0.1) is 0 Å². The molecule has 3 saturated heterocycles. The topological polar surface area (TPSA) is 58.7 Å². The summed E-state index contributed by atoms with van der Waals surface area (Å²) in [5.41, 5.74) is -0.191. The number of likely N-dealkylation sites (tertiary alicyclic amines) is 1. The van der Waals surface area contributed by atoms with Crippen LogP contribution in [-0.2, 0) is 14.9 Å². The summed E-state index contributed by atoms with van der Waals surface area (Å²) < 4.78 is 27.6. The number of pyridine rings is 1. The smallest absolute Gasteiger partial charge is 0.170 e. The first-order valence-corrected chi connectivity index (χ1v) is 10.7. The van der Waals surface area contributed by atoms with Crippen LogP contribution >= 0.6 is 0 Å². The first kappa shape index (κ1) is 20.2. The maximum Gasteiger partial charge on any atom is 0.170 e. The van der Waals surface area contributed by atoms with Gasteiger partial charge in [-0.3, -0.25) is 9.88 Å². The van der Waals surface area contributed by atoms with Crippen LogP contribution in [0.25, 0.3) is 0 Å². The third kappa shape index (κ3) is 3.17. The Bertz CT molecular complexity index is 668. The molecule has 0 saturated carbocycles. The van der Waals surface area contributed by atoms with Crippen molar-refractivity contribution in [2.75, 3.05) is 39.4 Å². The van der Waals surface area contributed by atoms with Crippen molar-refractivity contribution in [1.82, 2.24) is 20.5 Å². The summed E-state index contributed by atoms with van der Waals surface area (Å²) >= 11 is 0. The van der Waals surface area contributed by atoms with E-state index < -0.39 is 11.7 Å². The lowest BCUT2D eigenvalue weighted by atomic mass is 9.63. The molecular weight excluding hydrogens is 359 g/mol. The van der Waals surface area contributed by atoms with E-state index in [-0.39, 0.29) is 17.8 Å². The van der Waals surface area contributed by atoms with Crippen molar-refractivity contribution in [2.45, 2.75) is 57.0 Å². The first-order chi connectivity index (χ1) is 13.6. The molecule has 2 bridgehead atoms. The molecule has 1 aromatic heterocycles. The van der Waals surface area contributed by atoms with Crippen molar-refractivity contribution in [1.29, 1.82) is 0 Å². The predicted molar refractivity (Wildman–Crippen MR) is 106 cm³/mol. The molecule has 3 aliphatic heterocycles. The highest BCUT2D eigenvalue weighted by Crippen LogP contribution is 2.47. The average Bonchev–Trinajstić information content (AvgIpc) is 3.28. The van der Waals surface area contributed by atoms with E-state index in [9.17, 15) is 0 Å². The molecule has 28 heavy (non-hydrogen) atoms. The number of aromatic nitrogens is 1. The van der Waals surface area contributed by atoms with E-state index in [1.807, 2.05) is 13.8 Å². The van der Waals surface area contributed by atoms with Gasteiger partial charge in [-0.1, -0.05) is 0 Å². The molecule has 0 radical (unpaired) electrons. The van der Waals surface area contributed by atoms with Crippen molar-refractivity contribution in [3.8, 4) is 0 Å². The van der Waals surface area contributed by atoms with Crippen LogP contribution in [0.1, 0.15) is 32.9 Å². The second kappa shape index (κ2) is 8.32. The molecule has 0 aromatic carbocycles. The molecule has 7 heteroatoms. The molecule has 2 unspecified atom stereocenters. The van der Waals surface area contributed by atoms with Crippen LogP contribution in [0, 0.1) is 11.7 Å². The first-order valence-electron chi connectivity index (χ1n) is 10.7. The minimum absolute atomic E-state index is 0.0456. The Labute approximate surface area is 167 Å². The fourth-order valence-corrected chi connectivity index (χ4v) is 5.53. The third-order valence-corrected chi connectivity index (χ3v) is 6.94. The number of fused-ring (bicyclic) bond motifs is 2. The summed E-state index contributed by atoms with van der Waals surface area (Å²) in [6.45, 7) is 10.8. The van der Waals surface area contributed by atoms with Gasteiger partial charge in [0.2, 0.25) is 0 Å². The number of ether oxygens (including phenoxy) is 2. The summed E-state index contributed by atoms with van der Waals surface area (Å²) in [6, 6.07) is 4.22. The SMILES string of the molecule is CCOC(OCC)C(c1ncccc1F)(C1CNC1)C(C)N1C[C@@H]2C[C@H]1CN2. The summed E-state index contributed by atoms with van der Waals surface area (Å²) in [7, 11) is 0. The molecule has 6 nitrogen and oxygen atoms in total. The molecule has 3 fully saturated rings. The van der Waals surface area contributed by atoms with Crippen molar-refractivity contribution in [3.63, 3.8) is 0 Å². The van der Waals surface area contributed by atoms with Gasteiger partial charge in [0.15, 0.2) is 6.29 Å². The van der Waals surface area contributed by atoms with Crippen molar-refractivity contribution in [3.05, 3.63) is 29.8 Å². The monoisotopic (exact) mass is 392 g/mol. The van der Waals surface area contributed by atoms with Crippen molar-refractivity contribution >= 4 is 0 Å². The standard InChI is InChI=1S/C21H33FN4O2/c1-4-27-20(28-5-2)21(15-10-23-11-15,19-18(22)7-6-8-24-19)14(3)26-13-16-9-17(26)12-25-16/h6-8,14-17,20,23,25H,4-5,9-13H2,1-3H3/t14?,16-,17-,21?/m0/s1. The molecule has 3 aliphatic rings. The number of rotatable bonds is 9. The Morgan fingerprint density at radius 1 is 1.29 bits per heavy atom. The highest BCUT2D eigenvalue weighted by atomic mass is 19.1. The Balaban J connectivity index is 1.83. The zero-order chi connectivity index (χ0) is 19.7. The summed E-state index contributed by atoms with van der Waals surface area (Å²) in [5.74, 6) is -0.0739. The van der Waals surface area contributed by atoms with Gasteiger partial charge >= 0.3 is 0 Å². The fourth-order valence-electron chi connectivity index (χ4n) is 5.53. The zero-order valence-corrected chi connectivity index (χ0v) is 17.2. The van der Waals surface area contributed by atoms with Gasteiger partial charge in [-0.2, -0.15) is 0 Å². The number of nitrogens with one attached hydrogen (secondary N) is 2. The summed E-state index contributed by atoms with van der Waals surface area (Å²) in [6.07, 6.45) is 2.31. The van der Waals surface area contributed by atoms with Gasteiger partial charge in [-0.25, -0.2) is 4.39 Å². The molecular formula is C21H33FN4O2. The van der Waals surface area contributed by atoms with E-state index in [1.54, 1.807) is 12.3 Å². The molecule has 0 amide bonds. The van der Waals surface area contributed by atoms with Crippen LogP contribution in [0.3, 0.4) is 0 Å². The average molecular weight is 393 g/mol. The third-order valence-electron chi connectivity index (χ3n) is 6.94. The largest absolute Gasteiger partial charge is 0.352 e. The summed E-state index contributed by atoms with van der Waals surface area (Å²) in [4.78, 5) is 7.13. The number of hydrogen-bond donors (Lipinski definition) is 2. The van der Waals surface area contributed by atoms with E-state index >= 15 is 4.39 Å². The van der Waals surface area contributed by atoms with Crippen molar-refractivity contribution < 1.29 is 13.9 Å². The molecule has 4 heterocycles. The molecule has 0 aliphatic carbocycles. The Hall–Kier alpha value is -1.12. The fraction of sp³-hybridized carbons (Fsp3) is 0.762. The minimum Gasteiger partial charge on any atom is -0.352 e. The molecule has 2 N–H and O–H groups in total. The minimum atomic E-state index is -0.674. The number of piperazine rings is 1. The normalized spacial score (nSPS) is 28.5. The molecule has 4 rings (SSSR count). The summed E-state index contributed by atoms with van der Waals surface area (Å²) in [5, 5.41) is 6.96. The highest BCUT2D eigenvalue weighted by Gasteiger charge is 2.59. The predicted octanol–water partition coefficient (Wildman–Crippen LogP) is 1.51. The van der Waals surface area contributed by atoms with Crippen LogP contribution in [-0.4, -0.2) is 73.7 Å². The number of nitrogens with zero attached hydrogens (tertiary/aromatic N) is 2. The van der Waals surface area contributed by atoms with Gasteiger partial charge in [0.25, 0.3) is 0 Å². The van der Waals surface area contributed by atoms with Gasteiger partial charge in [0.1, 0.15) is 5.82 Å². The molecule has 156 valence electrons. The van der Waals surface area contributed by atoms with Gasteiger partial charge in [0.05, 0.1) is 11.1 Å². The van der Waals surface area contributed by atoms with Crippen LogP contribution in [0.4, 0.5) is 4.39 Å². The second-order valence-electron chi connectivity index (χ2n) is 8.23. The molecule has 4 atom stereocenters. The van der Waals surface area contributed by atoms with Gasteiger partial charge in [-0.05, 0) is 39.3 Å². The van der Waals surface area contributed by atoms with Gasteiger partial charge < -0.3 is 20.1 Å².